The molecule has 1 atom stereocenters. The summed E-state index contributed by atoms with van der Waals surface area (Å²) in [5.41, 5.74) is 1.21. The highest BCUT2D eigenvalue weighted by molar-refractivity contribution is 8.15. The topological polar surface area (TPSA) is 79.8 Å². The number of aliphatic imine (C=N–C) groups is 1. The van der Waals surface area contributed by atoms with E-state index in [4.69, 9.17) is 16.3 Å². The van der Waals surface area contributed by atoms with Gasteiger partial charge in [0.15, 0.2) is 5.17 Å². The summed E-state index contributed by atoms with van der Waals surface area (Å²) in [6, 6.07) is 14.1. The van der Waals surface area contributed by atoms with E-state index in [2.05, 4.69) is 15.6 Å². The normalized spacial score (nSPS) is 17.8. The first-order valence-electron chi connectivity index (χ1n) is 7.80. The minimum Gasteiger partial charge on any atom is -0.497 e. The molecule has 1 unspecified atom stereocenters. The lowest BCUT2D eigenvalue weighted by Crippen LogP contribution is -2.28. The van der Waals surface area contributed by atoms with E-state index in [1.807, 2.05) is 6.07 Å². The third-order valence-corrected chi connectivity index (χ3v) is 5.00. The maximum Gasteiger partial charge on any atom is 0.240 e. The second-order valence-electron chi connectivity index (χ2n) is 5.44. The largest absolute Gasteiger partial charge is 0.497 e. The van der Waals surface area contributed by atoms with Crippen LogP contribution in [0.15, 0.2) is 53.5 Å². The number of ether oxygens (including phenoxy) is 1. The number of anilines is 1. The molecule has 1 aliphatic rings. The van der Waals surface area contributed by atoms with E-state index in [1.165, 1.54) is 11.8 Å². The lowest BCUT2D eigenvalue weighted by Gasteiger charge is -2.08. The van der Waals surface area contributed by atoms with Crippen molar-refractivity contribution in [2.24, 2.45) is 4.99 Å². The molecule has 2 amide bonds. The summed E-state index contributed by atoms with van der Waals surface area (Å²) in [7, 11) is 1.57. The third kappa shape index (κ3) is 4.56. The Morgan fingerprint density at radius 1 is 1.27 bits per heavy atom. The van der Waals surface area contributed by atoms with Crippen LogP contribution in [0.1, 0.15) is 6.42 Å². The van der Waals surface area contributed by atoms with Crippen LogP contribution in [0.5, 0.6) is 5.75 Å². The van der Waals surface area contributed by atoms with Gasteiger partial charge in [-0.25, -0.2) is 4.99 Å². The van der Waals surface area contributed by atoms with Crippen LogP contribution in [-0.2, 0) is 9.59 Å². The molecule has 8 heteroatoms. The van der Waals surface area contributed by atoms with E-state index in [9.17, 15) is 9.59 Å². The zero-order valence-corrected chi connectivity index (χ0v) is 15.4. The molecular formula is C18H16ClN3O3S. The van der Waals surface area contributed by atoms with Gasteiger partial charge in [0.05, 0.1) is 17.8 Å². The number of methoxy groups -OCH3 is 1. The number of carbonyl (C=O) groups is 2. The van der Waals surface area contributed by atoms with Crippen LogP contribution in [0.3, 0.4) is 0 Å². The van der Waals surface area contributed by atoms with Gasteiger partial charge in [0, 0.05) is 12.1 Å². The summed E-state index contributed by atoms with van der Waals surface area (Å²) in [6.07, 6.45) is 0.0457. The van der Waals surface area contributed by atoms with Gasteiger partial charge in [-0.3, -0.25) is 9.59 Å². The number of hydrogen-bond acceptors (Lipinski definition) is 5. The first-order chi connectivity index (χ1) is 12.5. The lowest BCUT2D eigenvalue weighted by molar-refractivity contribution is -0.122. The quantitative estimate of drug-likeness (QED) is 0.818. The van der Waals surface area contributed by atoms with Gasteiger partial charge in [0.2, 0.25) is 11.8 Å². The Hall–Kier alpha value is -2.51. The number of rotatable bonds is 5. The number of amides is 2. The average molecular weight is 390 g/mol. The van der Waals surface area contributed by atoms with Crippen LogP contribution >= 0.6 is 23.4 Å². The predicted octanol–water partition coefficient (Wildman–Crippen LogP) is 3.60. The molecule has 2 aromatic carbocycles. The molecular weight excluding hydrogens is 374 g/mol. The van der Waals surface area contributed by atoms with Crippen molar-refractivity contribution in [2.75, 3.05) is 12.4 Å². The van der Waals surface area contributed by atoms with Gasteiger partial charge in [-0.2, -0.15) is 0 Å². The van der Waals surface area contributed by atoms with Crippen LogP contribution in [0.25, 0.3) is 0 Å². The van der Waals surface area contributed by atoms with Crippen LogP contribution in [0.4, 0.5) is 11.4 Å². The zero-order valence-electron chi connectivity index (χ0n) is 13.9. The first kappa shape index (κ1) is 18.3. The molecule has 1 saturated heterocycles. The molecule has 6 nitrogen and oxygen atoms in total. The highest BCUT2D eigenvalue weighted by atomic mass is 35.5. The highest BCUT2D eigenvalue weighted by Crippen LogP contribution is 2.29. The van der Waals surface area contributed by atoms with Crippen LogP contribution in [0.2, 0.25) is 5.02 Å². The average Bonchev–Trinajstić information content (AvgIpc) is 2.96. The number of para-hydroxylation sites is 1. The number of amidine groups is 1. The Balaban J connectivity index is 1.60. The van der Waals surface area contributed by atoms with E-state index in [0.29, 0.717) is 27.3 Å². The summed E-state index contributed by atoms with van der Waals surface area (Å²) in [5, 5.41) is 5.85. The zero-order chi connectivity index (χ0) is 18.5. The van der Waals surface area contributed by atoms with Crippen molar-refractivity contribution in [1.82, 2.24) is 5.32 Å². The van der Waals surface area contributed by atoms with Crippen LogP contribution < -0.4 is 15.4 Å². The minimum atomic E-state index is -0.533. The fraction of sp³-hybridized carbons (Fsp3) is 0.167. The summed E-state index contributed by atoms with van der Waals surface area (Å²) >= 11 is 7.29. The second-order valence-corrected chi connectivity index (χ2v) is 7.04. The molecule has 0 aliphatic carbocycles. The predicted molar refractivity (Wildman–Crippen MR) is 104 cm³/mol. The molecule has 0 bridgehead atoms. The maximum atomic E-state index is 12.2. The van der Waals surface area contributed by atoms with E-state index < -0.39 is 5.25 Å². The minimum absolute atomic E-state index is 0.0457. The van der Waals surface area contributed by atoms with E-state index in [0.717, 1.165) is 0 Å². The molecule has 0 aromatic heterocycles. The first-order valence-corrected chi connectivity index (χ1v) is 9.05. The molecule has 1 aliphatic heterocycles. The van der Waals surface area contributed by atoms with Crippen molar-refractivity contribution in [1.29, 1.82) is 0 Å². The van der Waals surface area contributed by atoms with Crippen molar-refractivity contribution in [2.45, 2.75) is 11.7 Å². The molecule has 26 heavy (non-hydrogen) atoms. The smallest absolute Gasteiger partial charge is 0.240 e. The van der Waals surface area contributed by atoms with Gasteiger partial charge < -0.3 is 15.4 Å². The fourth-order valence-electron chi connectivity index (χ4n) is 2.30. The number of carbonyl (C=O) groups excluding carboxylic acids is 2. The van der Waals surface area contributed by atoms with Gasteiger partial charge in [-0.15, -0.1) is 0 Å². The SMILES string of the molecule is COc1ccc(NC(=O)CC2SC(=Nc3ccccc3Cl)NC2=O)cc1. The monoisotopic (exact) mass is 389 g/mol. The van der Waals surface area contributed by atoms with Crippen LogP contribution in [0, 0.1) is 0 Å². The molecule has 0 saturated carbocycles. The van der Waals surface area contributed by atoms with Crippen molar-refractivity contribution in [3.63, 3.8) is 0 Å². The van der Waals surface area contributed by atoms with E-state index >= 15 is 0 Å². The molecule has 1 fully saturated rings. The number of nitrogens with one attached hydrogen (secondary N) is 2. The molecule has 1 heterocycles. The van der Waals surface area contributed by atoms with Gasteiger partial charge in [-0.1, -0.05) is 35.5 Å². The highest BCUT2D eigenvalue weighted by Gasteiger charge is 2.32. The third-order valence-electron chi connectivity index (χ3n) is 3.60. The maximum absolute atomic E-state index is 12.2. The fourth-order valence-corrected chi connectivity index (χ4v) is 3.46. The second kappa shape index (κ2) is 8.25. The number of nitrogens with zero attached hydrogens (tertiary/aromatic N) is 1. The van der Waals surface area contributed by atoms with E-state index in [1.54, 1.807) is 49.6 Å². The Labute approximate surface area is 160 Å². The molecule has 2 aromatic rings. The summed E-state index contributed by atoms with van der Waals surface area (Å²) in [4.78, 5) is 28.6. The van der Waals surface area contributed by atoms with Crippen LogP contribution in [-0.4, -0.2) is 29.3 Å². The Bertz CT molecular complexity index is 855. The summed E-state index contributed by atoms with van der Waals surface area (Å²) < 4.78 is 5.07. The number of halogens is 1. The van der Waals surface area contributed by atoms with Gasteiger partial charge in [0.25, 0.3) is 0 Å². The summed E-state index contributed by atoms with van der Waals surface area (Å²) in [6.45, 7) is 0. The Kier molecular flexibility index (Phi) is 5.80. The number of benzene rings is 2. The Morgan fingerprint density at radius 3 is 2.69 bits per heavy atom. The Morgan fingerprint density at radius 2 is 2.00 bits per heavy atom. The standard InChI is InChI=1S/C18H16ClN3O3S/c1-25-12-8-6-11(7-9-12)20-16(23)10-15-17(24)22-18(26-15)21-14-5-3-2-4-13(14)19/h2-9,15H,10H2,1H3,(H,20,23)(H,21,22,24). The van der Waals surface area contributed by atoms with Crippen molar-refractivity contribution < 1.29 is 14.3 Å². The number of thioether (sulfide) groups is 1. The van der Waals surface area contributed by atoms with Gasteiger partial charge in [-0.05, 0) is 36.4 Å². The van der Waals surface area contributed by atoms with Crippen molar-refractivity contribution in [3.05, 3.63) is 53.6 Å². The van der Waals surface area contributed by atoms with Gasteiger partial charge in [0.1, 0.15) is 11.0 Å². The number of hydrogen-bond donors (Lipinski definition) is 2. The summed E-state index contributed by atoms with van der Waals surface area (Å²) in [5.74, 6) is 0.210. The molecule has 2 N–H and O–H groups in total. The molecule has 0 spiro atoms. The van der Waals surface area contributed by atoms with Gasteiger partial charge >= 0.3 is 0 Å². The van der Waals surface area contributed by atoms with Crippen molar-refractivity contribution in [3.8, 4) is 5.75 Å². The lowest BCUT2D eigenvalue weighted by atomic mass is 10.2. The van der Waals surface area contributed by atoms with E-state index in [-0.39, 0.29) is 18.2 Å². The van der Waals surface area contributed by atoms with Crippen molar-refractivity contribution >= 4 is 51.7 Å². The molecule has 0 radical (unpaired) electrons. The molecule has 134 valence electrons. The molecule has 3 rings (SSSR count).